The first-order valence-corrected chi connectivity index (χ1v) is 27.1. The SMILES string of the molecule is CC/C=C\C/C=C\C/C=C\C/C=C\C/C=C\CCCCCC(=O)OC[C@H](COC(=O)CCCCCCC/C=C\C/C=C\CCCCC)OC(=O)CCCCCCCCCCCCCCC. The molecule has 0 aliphatic heterocycles. The minimum Gasteiger partial charge on any atom is -0.462 e. The largest absolute Gasteiger partial charge is 0.462 e. The lowest BCUT2D eigenvalue weighted by molar-refractivity contribution is -0.167. The molecule has 0 fully saturated rings. The van der Waals surface area contributed by atoms with Gasteiger partial charge in [-0.25, -0.2) is 0 Å². The normalized spacial score (nSPS) is 12.7. The van der Waals surface area contributed by atoms with E-state index in [4.69, 9.17) is 14.2 Å². The number of allylic oxidation sites excluding steroid dienone is 14. The van der Waals surface area contributed by atoms with Crippen LogP contribution in [0.25, 0.3) is 0 Å². The third kappa shape index (κ3) is 51.4. The molecule has 372 valence electrons. The van der Waals surface area contributed by atoms with Crippen molar-refractivity contribution in [1.82, 2.24) is 0 Å². The van der Waals surface area contributed by atoms with Crippen LogP contribution >= 0.6 is 0 Å². The van der Waals surface area contributed by atoms with Crippen molar-refractivity contribution in [1.29, 1.82) is 0 Å². The van der Waals surface area contributed by atoms with Crippen LogP contribution in [0.5, 0.6) is 0 Å². The Hall–Kier alpha value is -3.41. The maximum atomic E-state index is 12.8. The topological polar surface area (TPSA) is 78.9 Å². The molecular formula is C59H100O6. The van der Waals surface area contributed by atoms with Gasteiger partial charge in [0.2, 0.25) is 0 Å². The van der Waals surface area contributed by atoms with Gasteiger partial charge in [0.15, 0.2) is 6.10 Å². The predicted octanol–water partition coefficient (Wildman–Crippen LogP) is 18.0. The predicted molar refractivity (Wildman–Crippen MR) is 279 cm³/mol. The molecule has 0 saturated carbocycles. The van der Waals surface area contributed by atoms with E-state index in [0.29, 0.717) is 19.3 Å². The van der Waals surface area contributed by atoms with Gasteiger partial charge >= 0.3 is 17.9 Å². The van der Waals surface area contributed by atoms with Crippen molar-refractivity contribution in [3.05, 3.63) is 85.1 Å². The second-order valence-corrected chi connectivity index (χ2v) is 17.8. The summed E-state index contributed by atoms with van der Waals surface area (Å²) in [7, 11) is 0. The molecule has 0 aliphatic carbocycles. The van der Waals surface area contributed by atoms with Crippen molar-refractivity contribution >= 4 is 17.9 Å². The van der Waals surface area contributed by atoms with Gasteiger partial charge in [-0.05, 0) is 96.3 Å². The van der Waals surface area contributed by atoms with Crippen LogP contribution in [0.15, 0.2) is 85.1 Å². The smallest absolute Gasteiger partial charge is 0.306 e. The first-order chi connectivity index (χ1) is 32.0. The summed E-state index contributed by atoms with van der Waals surface area (Å²) < 4.78 is 16.8. The number of rotatable bonds is 48. The van der Waals surface area contributed by atoms with Crippen LogP contribution in [0.2, 0.25) is 0 Å². The molecule has 1 atom stereocenters. The zero-order chi connectivity index (χ0) is 47.2. The molecule has 0 aromatic heterocycles. The van der Waals surface area contributed by atoms with Crippen molar-refractivity contribution < 1.29 is 28.6 Å². The minimum atomic E-state index is -0.794. The van der Waals surface area contributed by atoms with Crippen molar-refractivity contribution in [2.45, 2.75) is 258 Å². The first-order valence-electron chi connectivity index (χ1n) is 27.1. The number of ether oxygens (including phenoxy) is 3. The molecule has 0 radical (unpaired) electrons. The average molecular weight is 905 g/mol. The lowest BCUT2D eigenvalue weighted by Gasteiger charge is -2.18. The van der Waals surface area contributed by atoms with Gasteiger partial charge in [-0.1, -0.05) is 221 Å². The molecule has 0 amide bonds. The molecular weight excluding hydrogens is 805 g/mol. The van der Waals surface area contributed by atoms with Gasteiger partial charge in [-0.2, -0.15) is 0 Å². The molecule has 0 aromatic carbocycles. The highest BCUT2D eigenvalue weighted by molar-refractivity contribution is 5.71. The van der Waals surface area contributed by atoms with Crippen LogP contribution in [0.3, 0.4) is 0 Å². The number of hydrogen-bond donors (Lipinski definition) is 0. The fourth-order valence-corrected chi connectivity index (χ4v) is 7.32. The van der Waals surface area contributed by atoms with Gasteiger partial charge in [0.1, 0.15) is 13.2 Å². The van der Waals surface area contributed by atoms with Crippen LogP contribution in [-0.2, 0) is 28.6 Å². The Morgan fingerprint density at radius 2 is 0.600 bits per heavy atom. The second kappa shape index (κ2) is 53.2. The van der Waals surface area contributed by atoms with E-state index in [9.17, 15) is 14.4 Å². The Morgan fingerprint density at radius 3 is 0.985 bits per heavy atom. The maximum absolute atomic E-state index is 12.8. The van der Waals surface area contributed by atoms with Crippen LogP contribution in [-0.4, -0.2) is 37.2 Å². The van der Waals surface area contributed by atoms with E-state index < -0.39 is 6.10 Å². The average Bonchev–Trinajstić information content (AvgIpc) is 3.30. The molecule has 65 heavy (non-hydrogen) atoms. The van der Waals surface area contributed by atoms with E-state index in [2.05, 4.69) is 106 Å². The molecule has 0 spiro atoms. The molecule has 0 saturated heterocycles. The standard InChI is InChI=1S/C59H100O6/c1-4-7-10-13-16-19-22-25-27-28-29-30-32-35-37-40-43-46-49-52-58(61)64-55-56(65-59(62)53-50-47-44-41-38-33-24-21-18-15-12-9-6-3)54-63-57(60)51-48-45-42-39-36-34-31-26-23-20-17-14-11-8-5-2/h7,10,16-17,19-20,25-27,29-31,35,37,56H,4-6,8-9,11-15,18,21-24,28,32-34,36,38-55H2,1-3H3/b10-7-,19-16-,20-17-,27-25-,30-29-,31-26-,37-35-/t56-/m0/s1. The lowest BCUT2D eigenvalue weighted by atomic mass is 10.0. The monoisotopic (exact) mass is 905 g/mol. The number of hydrogen-bond acceptors (Lipinski definition) is 6. The molecule has 0 aliphatic rings. The molecule has 0 aromatic rings. The number of esters is 3. The van der Waals surface area contributed by atoms with E-state index >= 15 is 0 Å². The van der Waals surface area contributed by atoms with E-state index in [1.165, 1.54) is 89.9 Å². The molecule has 0 heterocycles. The number of carbonyl (C=O) groups excluding carboxylic acids is 3. The van der Waals surface area contributed by atoms with Crippen LogP contribution in [0, 0.1) is 0 Å². The molecule has 6 nitrogen and oxygen atoms in total. The Labute approximate surface area is 401 Å². The number of carbonyl (C=O) groups is 3. The fourth-order valence-electron chi connectivity index (χ4n) is 7.32. The molecule has 0 N–H and O–H groups in total. The summed E-state index contributed by atoms with van der Waals surface area (Å²) in [6.07, 6.45) is 68.5. The molecule has 0 rings (SSSR count). The summed E-state index contributed by atoms with van der Waals surface area (Å²) in [6.45, 7) is 6.46. The number of unbranched alkanes of at least 4 members (excludes halogenated alkanes) is 23. The Kier molecular flexibility index (Phi) is 50.4. The van der Waals surface area contributed by atoms with Crippen molar-refractivity contribution in [3.63, 3.8) is 0 Å². The molecule has 6 heteroatoms. The zero-order valence-corrected chi connectivity index (χ0v) is 42.5. The lowest BCUT2D eigenvalue weighted by Crippen LogP contribution is -2.30. The summed E-state index contributed by atoms with van der Waals surface area (Å²) >= 11 is 0. The van der Waals surface area contributed by atoms with Crippen LogP contribution < -0.4 is 0 Å². The highest BCUT2D eigenvalue weighted by Crippen LogP contribution is 2.15. The maximum Gasteiger partial charge on any atom is 0.306 e. The van der Waals surface area contributed by atoms with E-state index in [0.717, 1.165) is 122 Å². The summed E-state index contributed by atoms with van der Waals surface area (Å²) in [5.41, 5.74) is 0. The van der Waals surface area contributed by atoms with Gasteiger partial charge in [0.25, 0.3) is 0 Å². The second-order valence-electron chi connectivity index (χ2n) is 17.8. The van der Waals surface area contributed by atoms with Gasteiger partial charge in [0.05, 0.1) is 0 Å². The molecule has 0 bridgehead atoms. The zero-order valence-electron chi connectivity index (χ0n) is 42.5. The Bertz CT molecular complexity index is 1270. The van der Waals surface area contributed by atoms with Gasteiger partial charge in [-0.3, -0.25) is 14.4 Å². The van der Waals surface area contributed by atoms with Gasteiger partial charge < -0.3 is 14.2 Å². The van der Waals surface area contributed by atoms with Crippen LogP contribution in [0.4, 0.5) is 0 Å². The fraction of sp³-hybridized carbons (Fsp3) is 0.712. The van der Waals surface area contributed by atoms with E-state index in [1.54, 1.807) is 0 Å². The van der Waals surface area contributed by atoms with Gasteiger partial charge in [0, 0.05) is 19.3 Å². The quantitative estimate of drug-likeness (QED) is 0.0262. The third-order valence-electron chi connectivity index (χ3n) is 11.4. The first kappa shape index (κ1) is 61.6. The third-order valence-corrected chi connectivity index (χ3v) is 11.4. The van der Waals surface area contributed by atoms with Crippen molar-refractivity contribution in [2.24, 2.45) is 0 Å². The van der Waals surface area contributed by atoms with Crippen LogP contribution in [0.1, 0.15) is 252 Å². The summed E-state index contributed by atoms with van der Waals surface area (Å²) in [6, 6.07) is 0. The van der Waals surface area contributed by atoms with E-state index in [1.807, 2.05) is 0 Å². The highest BCUT2D eigenvalue weighted by Gasteiger charge is 2.19. The summed E-state index contributed by atoms with van der Waals surface area (Å²) in [5, 5.41) is 0. The summed E-state index contributed by atoms with van der Waals surface area (Å²) in [5.74, 6) is -0.935. The van der Waals surface area contributed by atoms with Crippen molar-refractivity contribution in [3.8, 4) is 0 Å². The Morgan fingerprint density at radius 1 is 0.323 bits per heavy atom. The van der Waals surface area contributed by atoms with Crippen molar-refractivity contribution in [2.75, 3.05) is 13.2 Å². The van der Waals surface area contributed by atoms with E-state index in [-0.39, 0.29) is 31.1 Å². The Balaban J connectivity index is 4.45. The molecule has 0 unspecified atom stereocenters. The minimum absolute atomic E-state index is 0.0933. The summed E-state index contributed by atoms with van der Waals surface area (Å²) in [4.78, 5) is 38.0. The van der Waals surface area contributed by atoms with Gasteiger partial charge in [-0.15, -0.1) is 0 Å². The highest BCUT2D eigenvalue weighted by atomic mass is 16.6.